The number of rotatable bonds is 4. The molecular weight excluding hydrogens is 346 g/mol. The average Bonchev–Trinajstić information content (AvgIpc) is 2.72. The number of pyridine rings is 1. The van der Waals surface area contributed by atoms with Crippen LogP contribution in [-0.2, 0) is 18.4 Å². The molecule has 0 saturated heterocycles. The maximum Gasteiger partial charge on any atom is 0.130 e. The Morgan fingerprint density at radius 2 is 2.14 bits per heavy atom. The van der Waals surface area contributed by atoms with E-state index in [2.05, 4.69) is 41.9 Å². The van der Waals surface area contributed by atoms with Crippen LogP contribution in [0.2, 0.25) is 0 Å². The first kappa shape index (κ1) is 19.0. The van der Waals surface area contributed by atoms with Gasteiger partial charge < -0.3 is 9.84 Å². The second-order valence-electron chi connectivity index (χ2n) is 8.28. The summed E-state index contributed by atoms with van der Waals surface area (Å²) >= 11 is 0. The highest BCUT2D eigenvalue weighted by Gasteiger charge is 2.50. The predicted molar refractivity (Wildman–Crippen MR) is 111 cm³/mol. The third-order valence-corrected chi connectivity index (χ3v) is 6.83. The number of hydrogen-bond acceptors (Lipinski definition) is 3. The van der Waals surface area contributed by atoms with Crippen LogP contribution < -0.4 is 4.74 Å². The number of fused-ring (bicyclic) bond motifs is 3. The highest BCUT2D eigenvalue weighted by Crippen LogP contribution is 2.54. The molecule has 1 aromatic heterocycles. The van der Waals surface area contributed by atoms with Crippen molar-refractivity contribution in [1.29, 1.82) is 0 Å². The van der Waals surface area contributed by atoms with Crippen LogP contribution in [-0.4, -0.2) is 15.7 Å². The summed E-state index contributed by atoms with van der Waals surface area (Å²) in [6.07, 6.45) is 7.60. The van der Waals surface area contributed by atoms with Gasteiger partial charge >= 0.3 is 0 Å². The average molecular weight is 376 g/mol. The predicted octanol–water partition coefficient (Wildman–Crippen LogP) is 4.81. The monoisotopic (exact) mass is 375 g/mol. The van der Waals surface area contributed by atoms with Crippen molar-refractivity contribution in [3.05, 3.63) is 59.4 Å². The van der Waals surface area contributed by atoms with Crippen molar-refractivity contribution in [1.82, 2.24) is 4.98 Å². The Morgan fingerprint density at radius 3 is 2.89 bits per heavy atom. The largest absolute Gasteiger partial charge is 0.487 e. The summed E-state index contributed by atoms with van der Waals surface area (Å²) in [5, 5.41) is 10.9. The first-order valence-corrected chi connectivity index (χ1v) is 10.4. The molecule has 146 valence electrons. The fourth-order valence-electron chi connectivity index (χ4n) is 5.40. The van der Waals surface area contributed by atoms with E-state index in [0.29, 0.717) is 12.5 Å². The van der Waals surface area contributed by atoms with E-state index in [9.17, 15) is 5.11 Å². The van der Waals surface area contributed by atoms with Gasteiger partial charge in [-0.25, -0.2) is 0 Å². The molecule has 3 unspecified atom stereocenters. The summed E-state index contributed by atoms with van der Waals surface area (Å²) < 4.78 is 6.01. The molecule has 0 radical (unpaired) electrons. The Balaban J connectivity index is 1.57. The number of aromatic nitrogens is 1. The molecule has 0 spiro atoms. The van der Waals surface area contributed by atoms with Gasteiger partial charge in [-0.05, 0) is 92.2 Å². The maximum absolute atomic E-state index is 10.9. The van der Waals surface area contributed by atoms with E-state index in [-0.39, 0.29) is 5.41 Å². The van der Waals surface area contributed by atoms with E-state index in [1.165, 1.54) is 11.1 Å². The molecular formula is C25H29NO2. The van der Waals surface area contributed by atoms with Crippen molar-refractivity contribution < 1.29 is 9.84 Å². The van der Waals surface area contributed by atoms with Crippen LogP contribution in [0.1, 0.15) is 62.8 Å². The Morgan fingerprint density at radius 1 is 1.25 bits per heavy atom. The normalized spacial score (nSPS) is 28.5. The van der Waals surface area contributed by atoms with Gasteiger partial charge in [0.15, 0.2) is 0 Å². The molecule has 1 heterocycles. The van der Waals surface area contributed by atoms with Gasteiger partial charge in [-0.2, -0.15) is 0 Å². The summed E-state index contributed by atoms with van der Waals surface area (Å²) in [5.41, 5.74) is 3.16. The number of nitrogens with zero attached hydrogens (tertiary/aromatic N) is 1. The third kappa shape index (κ3) is 3.42. The van der Waals surface area contributed by atoms with Crippen molar-refractivity contribution in [3.8, 4) is 17.6 Å². The van der Waals surface area contributed by atoms with Gasteiger partial charge in [-0.3, -0.25) is 4.98 Å². The molecule has 1 N–H and O–H groups in total. The molecule has 1 fully saturated rings. The lowest BCUT2D eigenvalue weighted by Crippen LogP contribution is -2.49. The van der Waals surface area contributed by atoms with Gasteiger partial charge in [0.2, 0.25) is 0 Å². The fourth-order valence-corrected chi connectivity index (χ4v) is 5.40. The van der Waals surface area contributed by atoms with Gasteiger partial charge in [0.1, 0.15) is 18.0 Å². The Labute approximate surface area is 168 Å². The summed E-state index contributed by atoms with van der Waals surface area (Å²) in [5.74, 6) is 7.42. The zero-order chi connectivity index (χ0) is 19.6. The fraction of sp³-hybridized carbons (Fsp3) is 0.480. The lowest BCUT2D eigenvalue weighted by atomic mass is 9.53. The summed E-state index contributed by atoms with van der Waals surface area (Å²) in [7, 11) is 0. The summed E-state index contributed by atoms with van der Waals surface area (Å²) in [6.45, 7) is 4.61. The molecule has 3 atom stereocenters. The van der Waals surface area contributed by atoms with Gasteiger partial charge in [-0.15, -0.1) is 5.92 Å². The SMILES string of the molecule is CC#CC1(O)CCC2(CC)c3ccc(OCc4ccccn4)cc3CCC2C1. The molecule has 4 rings (SSSR count). The van der Waals surface area contributed by atoms with Gasteiger partial charge in [0.25, 0.3) is 0 Å². The molecule has 2 aliphatic rings. The van der Waals surface area contributed by atoms with E-state index >= 15 is 0 Å². The third-order valence-electron chi connectivity index (χ3n) is 6.83. The lowest BCUT2D eigenvalue weighted by Gasteiger charge is -2.52. The van der Waals surface area contributed by atoms with Crippen LogP contribution in [0.4, 0.5) is 0 Å². The molecule has 2 aliphatic carbocycles. The summed E-state index contributed by atoms with van der Waals surface area (Å²) in [6, 6.07) is 12.5. The molecule has 3 heteroatoms. The molecule has 28 heavy (non-hydrogen) atoms. The number of aliphatic hydroxyl groups is 1. The first-order chi connectivity index (χ1) is 13.6. The smallest absolute Gasteiger partial charge is 0.130 e. The molecule has 1 saturated carbocycles. The Kier molecular flexibility index (Phi) is 5.17. The van der Waals surface area contributed by atoms with Crippen molar-refractivity contribution in [3.63, 3.8) is 0 Å². The molecule has 3 nitrogen and oxygen atoms in total. The number of ether oxygens (including phenoxy) is 1. The molecule has 1 aromatic carbocycles. The van der Waals surface area contributed by atoms with Crippen LogP contribution in [0, 0.1) is 17.8 Å². The molecule has 0 bridgehead atoms. The number of aryl methyl sites for hydroxylation is 1. The van der Waals surface area contributed by atoms with E-state index in [0.717, 1.165) is 50.0 Å². The Hall–Kier alpha value is -2.31. The van der Waals surface area contributed by atoms with Gasteiger partial charge in [-0.1, -0.05) is 25.0 Å². The highest BCUT2D eigenvalue weighted by atomic mass is 16.5. The van der Waals surface area contributed by atoms with E-state index in [4.69, 9.17) is 4.74 Å². The quantitative estimate of drug-likeness (QED) is 0.780. The zero-order valence-electron chi connectivity index (χ0n) is 16.9. The standard InChI is InChI=1S/C25H29NO2/c1-3-12-24(27)13-14-25(4-2)20(17-24)9-8-19-16-22(10-11-23(19)25)28-18-21-7-5-6-15-26-21/h5-7,10-11,15-16,20,27H,4,8-9,13-14,17-18H2,1-2H3. The van der Waals surface area contributed by atoms with Crippen molar-refractivity contribution in [2.75, 3.05) is 0 Å². The van der Waals surface area contributed by atoms with Gasteiger partial charge in [0.05, 0.1) is 5.69 Å². The van der Waals surface area contributed by atoms with E-state index in [1.54, 1.807) is 6.20 Å². The summed E-state index contributed by atoms with van der Waals surface area (Å²) in [4.78, 5) is 4.33. The van der Waals surface area contributed by atoms with Crippen LogP contribution in [0.5, 0.6) is 5.75 Å². The first-order valence-electron chi connectivity index (χ1n) is 10.4. The molecule has 0 amide bonds. The van der Waals surface area contributed by atoms with Crippen LogP contribution in [0.25, 0.3) is 0 Å². The van der Waals surface area contributed by atoms with Crippen molar-refractivity contribution in [2.24, 2.45) is 5.92 Å². The van der Waals surface area contributed by atoms with Crippen molar-refractivity contribution >= 4 is 0 Å². The van der Waals surface area contributed by atoms with Gasteiger partial charge in [0, 0.05) is 6.20 Å². The maximum atomic E-state index is 10.9. The highest BCUT2D eigenvalue weighted by molar-refractivity contribution is 5.44. The number of benzene rings is 1. The second kappa shape index (κ2) is 7.60. The second-order valence-corrected chi connectivity index (χ2v) is 8.28. The van der Waals surface area contributed by atoms with Crippen LogP contribution in [0.3, 0.4) is 0 Å². The Bertz CT molecular complexity index is 898. The molecule has 2 aromatic rings. The van der Waals surface area contributed by atoms with E-state index < -0.39 is 5.60 Å². The molecule has 0 aliphatic heterocycles. The minimum atomic E-state index is -0.804. The van der Waals surface area contributed by atoms with Crippen LogP contribution >= 0.6 is 0 Å². The number of hydrogen-bond donors (Lipinski definition) is 1. The van der Waals surface area contributed by atoms with Crippen molar-refractivity contribution in [2.45, 2.75) is 70.0 Å². The minimum Gasteiger partial charge on any atom is -0.487 e. The lowest BCUT2D eigenvalue weighted by molar-refractivity contribution is -0.00926. The minimum absolute atomic E-state index is 0.161. The zero-order valence-corrected chi connectivity index (χ0v) is 16.9. The topological polar surface area (TPSA) is 42.4 Å². The van der Waals surface area contributed by atoms with Crippen LogP contribution in [0.15, 0.2) is 42.6 Å². The van der Waals surface area contributed by atoms with E-state index in [1.807, 2.05) is 25.1 Å².